The standard InChI is InChI=1S/C19H19F2NO3S/c20-14-5-10-17(18(21)11-14)12-3-8-16(9-4-12)26(25)22-15-6-1-13(2-7-15)19(23)24/h3-5,8-11,13,15,22H,1-2,6-7H2,(H,23,24). The van der Waals surface area contributed by atoms with Crippen LogP contribution in [0, 0.1) is 17.6 Å². The Morgan fingerprint density at radius 2 is 1.73 bits per heavy atom. The fourth-order valence-corrected chi connectivity index (χ4v) is 4.22. The maximum Gasteiger partial charge on any atom is 0.306 e. The number of carboxylic acids is 1. The zero-order valence-electron chi connectivity index (χ0n) is 14.0. The minimum Gasteiger partial charge on any atom is -0.593 e. The average molecular weight is 379 g/mol. The zero-order chi connectivity index (χ0) is 18.7. The number of hydrogen-bond acceptors (Lipinski definition) is 3. The van der Waals surface area contributed by atoms with Crippen molar-refractivity contribution in [1.29, 1.82) is 0 Å². The van der Waals surface area contributed by atoms with Crippen LogP contribution >= 0.6 is 0 Å². The molecule has 26 heavy (non-hydrogen) atoms. The van der Waals surface area contributed by atoms with Crippen LogP contribution in [-0.2, 0) is 16.2 Å². The third kappa shape index (κ3) is 4.41. The molecule has 0 aliphatic heterocycles. The summed E-state index contributed by atoms with van der Waals surface area (Å²) in [6.45, 7) is 0. The maximum absolute atomic E-state index is 13.8. The quantitative estimate of drug-likeness (QED) is 0.773. The first-order valence-corrected chi connectivity index (χ1v) is 9.55. The van der Waals surface area contributed by atoms with Crippen LogP contribution in [0.5, 0.6) is 0 Å². The van der Waals surface area contributed by atoms with Gasteiger partial charge in [-0.05, 0) is 67.6 Å². The van der Waals surface area contributed by atoms with Gasteiger partial charge in [0.05, 0.1) is 23.3 Å². The second-order valence-electron chi connectivity index (χ2n) is 6.42. The van der Waals surface area contributed by atoms with Crippen LogP contribution in [0.4, 0.5) is 8.78 Å². The number of halogens is 2. The molecule has 0 spiro atoms. The van der Waals surface area contributed by atoms with Gasteiger partial charge in [0.25, 0.3) is 0 Å². The van der Waals surface area contributed by atoms with Gasteiger partial charge in [-0.15, -0.1) is 4.72 Å². The molecule has 1 unspecified atom stereocenters. The van der Waals surface area contributed by atoms with Crippen molar-refractivity contribution >= 4 is 17.3 Å². The average Bonchev–Trinajstić information content (AvgIpc) is 2.62. The summed E-state index contributed by atoms with van der Waals surface area (Å²) < 4.78 is 42.3. The fraction of sp³-hybridized carbons (Fsp3) is 0.316. The second kappa shape index (κ2) is 8.16. The van der Waals surface area contributed by atoms with Crippen molar-refractivity contribution in [2.75, 3.05) is 0 Å². The van der Waals surface area contributed by atoms with E-state index in [-0.39, 0.29) is 17.5 Å². The Labute approximate surface area is 153 Å². The van der Waals surface area contributed by atoms with Crippen LogP contribution in [-0.4, -0.2) is 21.7 Å². The summed E-state index contributed by atoms with van der Waals surface area (Å²) in [7, 11) is 0. The molecule has 2 aromatic carbocycles. The molecule has 1 saturated carbocycles. The molecular formula is C19H19F2NO3S. The smallest absolute Gasteiger partial charge is 0.306 e. The van der Waals surface area contributed by atoms with Crippen molar-refractivity contribution < 1.29 is 23.2 Å². The van der Waals surface area contributed by atoms with E-state index in [0.29, 0.717) is 36.1 Å². The first-order valence-electron chi connectivity index (χ1n) is 8.40. The summed E-state index contributed by atoms with van der Waals surface area (Å²) in [5.74, 6) is -2.36. The lowest BCUT2D eigenvalue weighted by Crippen LogP contribution is -2.38. The third-order valence-electron chi connectivity index (χ3n) is 4.66. The Morgan fingerprint density at radius 1 is 1.08 bits per heavy atom. The lowest BCUT2D eigenvalue weighted by Gasteiger charge is -2.26. The summed E-state index contributed by atoms with van der Waals surface area (Å²) in [6, 6.07) is 9.99. The van der Waals surface area contributed by atoms with E-state index in [9.17, 15) is 18.1 Å². The van der Waals surface area contributed by atoms with Crippen LogP contribution in [0.2, 0.25) is 0 Å². The van der Waals surface area contributed by atoms with E-state index in [1.165, 1.54) is 12.1 Å². The molecule has 4 nitrogen and oxygen atoms in total. The lowest BCUT2D eigenvalue weighted by atomic mass is 9.87. The van der Waals surface area contributed by atoms with Crippen LogP contribution in [0.1, 0.15) is 25.7 Å². The Hall–Kier alpha value is -1.96. The van der Waals surface area contributed by atoms with Crippen LogP contribution in [0.3, 0.4) is 0 Å². The predicted octanol–water partition coefficient (Wildman–Crippen LogP) is 3.89. The largest absolute Gasteiger partial charge is 0.593 e. The number of aliphatic carboxylic acids is 1. The van der Waals surface area contributed by atoms with E-state index in [0.717, 1.165) is 6.07 Å². The summed E-state index contributed by atoms with van der Waals surface area (Å²) >= 11 is -1.43. The van der Waals surface area contributed by atoms with Crippen LogP contribution in [0.25, 0.3) is 11.1 Å². The lowest BCUT2D eigenvalue weighted by molar-refractivity contribution is -0.142. The Kier molecular flexibility index (Phi) is 5.90. The highest BCUT2D eigenvalue weighted by molar-refractivity contribution is 7.89. The van der Waals surface area contributed by atoms with Crippen molar-refractivity contribution in [3.63, 3.8) is 0 Å². The molecule has 1 fully saturated rings. The molecule has 0 amide bonds. The Morgan fingerprint density at radius 3 is 2.31 bits per heavy atom. The molecule has 0 aromatic heterocycles. The molecule has 0 radical (unpaired) electrons. The van der Waals surface area contributed by atoms with Crippen molar-refractivity contribution in [3.05, 3.63) is 54.1 Å². The van der Waals surface area contributed by atoms with E-state index in [4.69, 9.17) is 5.11 Å². The number of carboxylic acid groups (broad SMARTS) is 1. The normalized spacial score (nSPS) is 21.3. The summed E-state index contributed by atoms with van der Waals surface area (Å²) in [4.78, 5) is 11.5. The first-order chi connectivity index (χ1) is 12.4. The van der Waals surface area contributed by atoms with Gasteiger partial charge in [0.1, 0.15) is 11.6 Å². The van der Waals surface area contributed by atoms with Gasteiger partial charge in [-0.3, -0.25) is 4.79 Å². The molecule has 0 saturated heterocycles. The highest BCUT2D eigenvalue weighted by Crippen LogP contribution is 2.27. The Bertz CT molecular complexity index is 777. The summed E-state index contributed by atoms with van der Waals surface area (Å²) in [6.07, 6.45) is 2.49. The van der Waals surface area contributed by atoms with Crippen molar-refractivity contribution in [2.45, 2.75) is 36.6 Å². The molecule has 0 heterocycles. The van der Waals surface area contributed by atoms with E-state index < -0.39 is 29.0 Å². The van der Waals surface area contributed by atoms with E-state index in [2.05, 4.69) is 4.72 Å². The molecule has 0 bridgehead atoms. The maximum atomic E-state index is 13.8. The van der Waals surface area contributed by atoms with Gasteiger partial charge in [-0.25, -0.2) is 8.78 Å². The van der Waals surface area contributed by atoms with Crippen LogP contribution in [0.15, 0.2) is 47.4 Å². The monoisotopic (exact) mass is 379 g/mol. The van der Waals surface area contributed by atoms with Gasteiger partial charge in [-0.2, -0.15) is 0 Å². The van der Waals surface area contributed by atoms with Gasteiger partial charge in [0.2, 0.25) is 0 Å². The fourth-order valence-electron chi connectivity index (χ4n) is 3.16. The topological polar surface area (TPSA) is 72.4 Å². The summed E-state index contributed by atoms with van der Waals surface area (Å²) in [5, 5.41) is 9.01. The molecule has 1 atom stereocenters. The third-order valence-corrected chi connectivity index (χ3v) is 5.91. The van der Waals surface area contributed by atoms with Crippen molar-refractivity contribution in [3.8, 4) is 11.1 Å². The number of rotatable bonds is 5. The SMILES string of the molecule is O=C(O)C1CCC(N[S+]([O-])c2ccc(-c3ccc(F)cc3F)cc2)CC1. The van der Waals surface area contributed by atoms with Gasteiger partial charge in [0, 0.05) is 11.6 Å². The molecular weight excluding hydrogens is 360 g/mol. The molecule has 1 aliphatic carbocycles. The van der Waals surface area contributed by atoms with Gasteiger partial charge in [-0.1, -0.05) is 0 Å². The second-order valence-corrected chi connectivity index (χ2v) is 7.67. The summed E-state index contributed by atoms with van der Waals surface area (Å²) in [5.41, 5.74) is 0.855. The molecule has 3 rings (SSSR count). The highest BCUT2D eigenvalue weighted by atomic mass is 32.2. The molecule has 1 aliphatic rings. The van der Waals surface area contributed by atoms with Crippen LogP contribution < -0.4 is 4.72 Å². The molecule has 138 valence electrons. The Balaban J connectivity index is 1.62. The molecule has 2 N–H and O–H groups in total. The molecule has 2 aromatic rings. The first kappa shape index (κ1) is 18.8. The highest BCUT2D eigenvalue weighted by Gasteiger charge is 2.28. The molecule has 7 heteroatoms. The number of nitrogens with one attached hydrogen (secondary N) is 1. The number of benzene rings is 2. The van der Waals surface area contributed by atoms with Gasteiger partial charge in [0.15, 0.2) is 4.90 Å². The van der Waals surface area contributed by atoms with Gasteiger partial charge < -0.3 is 9.66 Å². The minimum absolute atomic E-state index is 0.0145. The van der Waals surface area contributed by atoms with Gasteiger partial charge >= 0.3 is 5.97 Å². The van der Waals surface area contributed by atoms with E-state index in [1.54, 1.807) is 24.3 Å². The van der Waals surface area contributed by atoms with Crippen molar-refractivity contribution in [1.82, 2.24) is 4.72 Å². The zero-order valence-corrected chi connectivity index (χ0v) is 14.8. The van der Waals surface area contributed by atoms with Crippen molar-refractivity contribution in [2.24, 2.45) is 5.92 Å². The minimum atomic E-state index is -1.43. The number of hydrogen-bond donors (Lipinski definition) is 2. The predicted molar refractivity (Wildman–Crippen MR) is 94.7 cm³/mol. The van der Waals surface area contributed by atoms with E-state index >= 15 is 0 Å². The number of carbonyl (C=O) groups is 1. The van der Waals surface area contributed by atoms with E-state index in [1.807, 2.05) is 0 Å².